The van der Waals surface area contributed by atoms with Crippen LogP contribution < -0.4 is 4.74 Å². The molecule has 3 rings (SSSR count). The monoisotopic (exact) mass is 364 g/mol. The standard InChI is InChI=1S/C17H24N4O3S/c1-3-20-9-10-21(12-16(20)17-18-7-8-19-17)25(22,23)13-14-5-4-6-15(11-14)24-2/h4-8,11,16H,3,9-10,12-13H2,1-2H3,(H,18,19). The predicted octanol–water partition coefficient (Wildman–Crippen LogP) is 1.63. The normalized spacial score (nSPS) is 19.8. The van der Waals surface area contributed by atoms with Crippen LogP contribution in [0.4, 0.5) is 0 Å². The number of ether oxygens (including phenoxy) is 1. The van der Waals surface area contributed by atoms with Crippen molar-refractivity contribution in [3.63, 3.8) is 0 Å². The van der Waals surface area contributed by atoms with E-state index in [0.717, 1.165) is 17.9 Å². The van der Waals surface area contributed by atoms with Gasteiger partial charge < -0.3 is 9.72 Å². The van der Waals surface area contributed by atoms with Crippen LogP contribution in [-0.2, 0) is 15.8 Å². The van der Waals surface area contributed by atoms with Crippen molar-refractivity contribution in [3.8, 4) is 5.75 Å². The van der Waals surface area contributed by atoms with E-state index in [9.17, 15) is 8.42 Å². The zero-order valence-electron chi connectivity index (χ0n) is 14.6. The third-order valence-corrected chi connectivity index (χ3v) is 6.39. The number of rotatable bonds is 6. The van der Waals surface area contributed by atoms with Gasteiger partial charge in [0.2, 0.25) is 10.0 Å². The molecule has 1 aromatic carbocycles. The summed E-state index contributed by atoms with van der Waals surface area (Å²) in [6.45, 7) is 4.54. The molecule has 1 aliphatic heterocycles. The molecule has 0 saturated carbocycles. The number of hydrogen-bond donors (Lipinski definition) is 1. The Morgan fingerprint density at radius 2 is 2.20 bits per heavy atom. The Bertz CT molecular complexity index is 792. The summed E-state index contributed by atoms with van der Waals surface area (Å²) in [4.78, 5) is 9.69. The van der Waals surface area contributed by atoms with Gasteiger partial charge >= 0.3 is 0 Å². The zero-order chi connectivity index (χ0) is 17.9. The first-order chi connectivity index (χ1) is 12.0. The summed E-state index contributed by atoms with van der Waals surface area (Å²) in [7, 11) is -1.83. The number of likely N-dealkylation sites (N-methyl/N-ethyl adjacent to an activating group) is 1. The van der Waals surface area contributed by atoms with Gasteiger partial charge in [-0.15, -0.1) is 0 Å². The number of H-pyrrole nitrogens is 1. The van der Waals surface area contributed by atoms with Gasteiger partial charge in [-0.3, -0.25) is 4.90 Å². The van der Waals surface area contributed by atoms with E-state index in [1.54, 1.807) is 29.9 Å². The molecule has 1 saturated heterocycles. The number of nitrogens with one attached hydrogen (secondary N) is 1. The van der Waals surface area contributed by atoms with Crippen LogP contribution in [0.3, 0.4) is 0 Å². The van der Waals surface area contributed by atoms with Gasteiger partial charge in [-0.2, -0.15) is 4.31 Å². The highest BCUT2D eigenvalue weighted by Gasteiger charge is 2.34. The maximum Gasteiger partial charge on any atom is 0.218 e. The van der Waals surface area contributed by atoms with Crippen molar-refractivity contribution in [2.24, 2.45) is 0 Å². The fourth-order valence-electron chi connectivity index (χ4n) is 3.21. The van der Waals surface area contributed by atoms with E-state index < -0.39 is 10.0 Å². The summed E-state index contributed by atoms with van der Waals surface area (Å²) < 4.78 is 32.6. The average Bonchev–Trinajstić information content (AvgIpc) is 3.15. The van der Waals surface area contributed by atoms with Gasteiger partial charge in [0.25, 0.3) is 0 Å². The van der Waals surface area contributed by atoms with Crippen LogP contribution in [0.25, 0.3) is 0 Å². The number of methoxy groups -OCH3 is 1. The van der Waals surface area contributed by atoms with E-state index in [1.165, 1.54) is 0 Å². The Kier molecular flexibility index (Phi) is 5.41. The van der Waals surface area contributed by atoms with Crippen molar-refractivity contribution >= 4 is 10.0 Å². The van der Waals surface area contributed by atoms with Gasteiger partial charge in [-0.25, -0.2) is 13.4 Å². The molecule has 1 aliphatic rings. The number of piperazine rings is 1. The van der Waals surface area contributed by atoms with E-state index in [1.807, 2.05) is 18.2 Å². The number of hydrogen-bond acceptors (Lipinski definition) is 5. The molecule has 1 N–H and O–H groups in total. The Morgan fingerprint density at radius 3 is 2.88 bits per heavy atom. The molecule has 8 heteroatoms. The molecular formula is C17H24N4O3S. The summed E-state index contributed by atoms with van der Waals surface area (Å²) in [5, 5.41) is 0. The quantitative estimate of drug-likeness (QED) is 0.843. The second-order valence-corrected chi connectivity index (χ2v) is 8.05. The minimum absolute atomic E-state index is 0.0266. The largest absolute Gasteiger partial charge is 0.497 e. The minimum Gasteiger partial charge on any atom is -0.497 e. The van der Waals surface area contributed by atoms with Crippen LogP contribution in [0.5, 0.6) is 5.75 Å². The lowest BCUT2D eigenvalue weighted by molar-refractivity contribution is 0.119. The maximum absolute atomic E-state index is 12.9. The lowest BCUT2D eigenvalue weighted by Gasteiger charge is -2.39. The molecule has 7 nitrogen and oxygen atoms in total. The van der Waals surface area contributed by atoms with Crippen LogP contribution in [0, 0.1) is 0 Å². The van der Waals surface area contributed by atoms with Crippen LogP contribution >= 0.6 is 0 Å². The minimum atomic E-state index is -3.41. The lowest BCUT2D eigenvalue weighted by Crippen LogP contribution is -2.50. The number of aromatic amines is 1. The first kappa shape index (κ1) is 17.9. The van der Waals surface area contributed by atoms with Crippen molar-refractivity contribution in [1.82, 2.24) is 19.2 Å². The highest BCUT2D eigenvalue weighted by molar-refractivity contribution is 7.88. The molecule has 0 bridgehead atoms. The van der Waals surface area contributed by atoms with Gasteiger partial charge in [0.05, 0.1) is 18.9 Å². The summed E-state index contributed by atoms with van der Waals surface area (Å²) >= 11 is 0. The molecule has 1 atom stereocenters. The molecule has 2 aromatic rings. The molecule has 0 aliphatic carbocycles. The van der Waals surface area contributed by atoms with E-state index >= 15 is 0 Å². The molecule has 1 unspecified atom stereocenters. The molecule has 2 heterocycles. The first-order valence-electron chi connectivity index (χ1n) is 8.37. The van der Waals surface area contributed by atoms with Crippen molar-refractivity contribution in [2.75, 3.05) is 33.3 Å². The third kappa shape index (κ3) is 4.02. The molecule has 25 heavy (non-hydrogen) atoms. The first-order valence-corrected chi connectivity index (χ1v) is 9.98. The summed E-state index contributed by atoms with van der Waals surface area (Å²) in [6.07, 6.45) is 3.47. The Morgan fingerprint density at radius 1 is 1.36 bits per heavy atom. The number of sulfonamides is 1. The summed E-state index contributed by atoms with van der Waals surface area (Å²) in [5.41, 5.74) is 0.729. The Hall–Kier alpha value is -1.90. The fourth-order valence-corrected chi connectivity index (χ4v) is 4.72. The third-order valence-electron chi connectivity index (χ3n) is 4.57. The van der Waals surface area contributed by atoms with Gasteiger partial charge in [-0.05, 0) is 24.2 Å². The van der Waals surface area contributed by atoms with Crippen molar-refractivity contribution < 1.29 is 13.2 Å². The number of benzene rings is 1. The fraction of sp³-hybridized carbons (Fsp3) is 0.471. The van der Waals surface area contributed by atoms with E-state index in [4.69, 9.17) is 4.74 Å². The van der Waals surface area contributed by atoms with E-state index in [-0.39, 0.29) is 11.8 Å². The number of nitrogens with zero attached hydrogens (tertiary/aromatic N) is 3. The van der Waals surface area contributed by atoms with Crippen molar-refractivity contribution in [3.05, 3.63) is 48.0 Å². The van der Waals surface area contributed by atoms with E-state index in [0.29, 0.717) is 25.4 Å². The van der Waals surface area contributed by atoms with Crippen LogP contribution in [0.15, 0.2) is 36.7 Å². The van der Waals surface area contributed by atoms with Crippen LogP contribution in [-0.4, -0.2) is 60.9 Å². The van der Waals surface area contributed by atoms with Gasteiger partial charge in [0, 0.05) is 32.0 Å². The van der Waals surface area contributed by atoms with Crippen LogP contribution in [0.1, 0.15) is 24.4 Å². The molecule has 1 fully saturated rings. The van der Waals surface area contributed by atoms with Gasteiger partial charge in [0.1, 0.15) is 11.6 Å². The highest BCUT2D eigenvalue weighted by atomic mass is 32.2. The number of imidazole rings is 1. The smallest absolute Gasteiger partial charge is 0.218 e. The molecule has 0 amide bonds. The second-order valence-electron chi connectivity index (χ2n) is 6.08. The average molecular weight is 364 g/mol. The predicted molar refractivity (Wildman–Crippen MR) is 95.8 cm³/mol. The lowest BCUT2D eigenvalue weighted by atomic mass is 10.2. The molecule has 0 radical (unpaired) electrons. The molecule has 136 valence electrons. The summed E-state index contributed by atoms with van der Waals surface area (Å²) in [6, 6.07) is 7.15. The van der Waals surface area contributed by atoms with Gasteiger partial charge in [-0.1, -0.05) is 19.1 Å². The summed E-state index contributed by atoms with van der Waals surface area (Å²) in [5.74, 6) is 1.45. The van der Waals surface area contributed by atoms with Crippen LogP contribution in [0.2, 0.25) is 0 Å². The molecule has 0 spiro atoms. The van der Waals surface area contributed by atoms with Crippen molar-refractivity contribution in [1.29, 1.82) is 0 Å². The van der Waals surface area contributed by atoms with Gasteiger partial charge in [0.15, 0.2) is 0 Å². The molecular weight excluding hydrogens is 340 g/mol. The Balaban J connectivity index is 1.77. The van der Waals surface area contributed by atoms with E-state index in [2.05, 4.69) is 21.8 Å². The van der Waals surface area contributed by atoms with Crippen molar-refractivity contribution in [2.45, 2.75) is 18.7 Å². The maximum atomic E-state index is 12.9. The second kappa shape index (κ2) is 7.55. The zero-order valence-corrected chi connectivity index (χ0v) is 15.4. The topological polar surface area (TPSA) is 78.5 Å². The molecule has 1 aromatic heterocycles. The Labute approximate surface area is 148 Å². The SMILES string of the molecule is CCN1CCN(S(=O)(=O)Cc2cccc(OC)c2)CC1c1ncc[nH]1. The number of aromatic nitrogens is 2. The highest BCUT2D eigenvalue weighted by Crippen LogP contribution is 2.26.